The Morgan fingerprint density at radius 3 is 2.63 bits per heavy atom. The summed E-state index contributed by atoms with van der Waals surface area (Å²) in [5.41, 5.74) is -0.116. The molecule has 0 saturated carbocycles. The van der Waals surface area contributed by atoms with Crippen molar-refractivity contribution < 1.29 is 14.6 Å². The first-order valence-electron chi connectivity index (χ1n) is 7.81. The van der Waals surface area contributed by atoms with Gasteiger partial charge in [0.1, 0.15) is 0 Å². The van der Waals surface area contributed by atoms with Crippen molar-refractivity contribution in [3.8, 4) is 0 Å². The van der Waals surface area contributed by atoms with Crippen LogP contribution in [0.5, 0.6) is 0 Å². The topological polar surface area (TPSA) is 50.7 Å². The molecule has 2 N–H and O–H groups in total. The summed E-state index contributed by atoms with van der Waals surface area (Å²) in [5.74, 6) is 0. The van der Waals surface area contributed by atoms with Gasteiger partial charge in [0.05, 0.1) is 12.7 Å². The molecule has 1 aliphatic rings. The molecule has 0 aliphatic carbocycles. The fraction of sp³-hybridized carbons (Fsp3) is 1.00. The van der Waals surface area contributed by atoms with Gasteiger partial charge in [0.15, 0.2) is 0 Å². The molecule has 114 valence electrons. The molecule has 19 heavy (non-hydrogen) atoms. The number of ether oxygens (including phenoxy) is 2. The number of rotatable bonds is 10. The van der Waals surface area contributed by atoms with Crippen LogP contribution in [0.1, 0.15) is 52.4 Å². The van der Waals surface area contributed by atoms with Gasteiger partial charge in [-0.05, 0) is 45.1 Å². The van der Waals surface area contributed by atoms with E-state index in [2.05, 4.69) is 19.2 Å². The van der Waals surface area contributed by atoms with Crippen LogP contribution in [0.25, 0.3) is 0 Å². The first kappa shape index (κ1) is 16.9. The fourth-order valence-electron chi connectivity index (χ4n) is 2.53. The van der Waals surface area contributed by atoms with E-state index in [1.807, 2.05) is 0 Å². The first-order chi connectivity index (χ1) is 9.26. The number of hydrogen-bond donors (Lipinski definition) is 2. The van der Waals surface area contributed by atoms with Gasteiger partial charge in [-0.15, -0.1) is 0 Å². The van der Waals surface area contributed by atoms with Crippen LogP contribution in [0.2, 0.25) is 0 Å². The highest BCUT2D eigenvalue weighted by atomic mass is 16.5. The van der Waals surface area contributed by atoms with Crippen molar-refractivity contribution in [1.29, 1.82) is 0 Å². The summed E-state index contributed by atoms with van der Waals surface area (Å²) in [6, 6.07) is 0. The van der Waals surface area contributed by atoms with Gasteiger partial charge in [-0.3, -0.25) is 0 Å². The Bertz CT molecular complexity index is 213. The normalized spacial score (nSPS) is 20.4. The van der Waals surface area contributed by atoms with Crippen LogP contribution in [0.4, 0.5) is 0 Å². The van der Waals surface area contributed by atoms with Crippen molar-refractivity contribution in [3.05, 3.63) is 0 Å². The first-order valence-corrected chi connectivity index (χ1v) is 7.81. The molecule has 0 bridgehead atoms. The molecular formula is C15H31NO3. The lowest BCUT2D eigenvalue weighted by molar-refractivity contribution is -0.0345. The highest BCUT2D eigenvalue weighted by Crippen LogP contribution is 2.18. The smallest absolute Gasteiger partial charge is 0.0619 e. The second-order valence-corrected chi connectivity index (χ2v) is 5.50. The minimum absolute atomic E-state index is 0.116. The van der Waals surface area contributed by atoms with E-state index in [1.165, 1.54) is 0 Å². The highest BCUT2D eigenvalue weighted by Gasteiger charge is 2.25. The number of nitrogens with one attached hydrogen (secondary N) is 1. The summed E-state index contributed by atoms with van der Waals surface area (Å²) in [5, 5.41) is 13.1. The monoisotopic (exact) mass is 273 g/mol. The van der Waals surface area contributed by atoms with Gasteiger partial charge in [0, 0.05) is 25.4 Å². The molecule has 0 spiro atoms. The third-order valence-corrected chi connectivity index (χ3v) is 4.05. The Balaban J connectivity index is 2.19. The minimum atomic E-state index is -0.116. The molecule has 1 aliphatic heterocycles. The van der Waals surface area contributed by atoms with Gasteiger partial charge >= 0.3 is 0 Å². The van der Waals surface area contributed by atoms with Crippen molar-refractivity contribution in [1.82, 2.24) is 5.32 Å². The standard InChI is InChI=1S/C15H31NO3/c1-3-9-16-15(4-2,13-17)8-5-10-19-14-6-11-18-12-7-14/h14,16-17H,3-13H2,1-2H3. The maximum absolute atomic E-state index is 9.63. The Kier molecular flexibility index (Phi) is 8.62. The summed E-state index contributed by atoms with van der Waals surface area (Å²) >= 11 is 0. The van der Waals surface area contributed by atoms with E-state index in [1.54, 1.807) is 0 Å². The summed E-state index contributed by atoms with van der Waals surface area (Å²) in [6.45, 7) is 7.92. The number of aliphatic hydroxyl groups excluding tert-OH is 1. The summed E-state index contributed by atoms with van der Waals surface area (Å²) in [7, 11) is 0. The Morgan fingerprint density at radius 2 is 2.05 bits per heavy atom. The molecule has 0 aromatic carbocycles. The third kappa shape index (κ3) is 6.21. The Labute approximate surface area is 117 Å². The molecule has 0 amide bonds. The maximum atomic E-state index is 9.63. The lowest BCUT2D eigenvalue weighted by Crippen LogP contribution is -2.48. The van der Waals surface area contributed by atoms with Crippen LogP contribution in [0, 0.1) is 0 Å². The van der Waals surface area contributed by atoms with E-state index in [0.29, 0.717) is 6.10 Å². The van der Waals surface area contributed by atoms with Gasteiger partial charge in [0.2, 0.25) is 0 Å². The molecular weight excluding hydrogens is 242 g/mol. The van der Waals surface area contributed by atoms with E-state index in [0.717, 1.165) is 64.9 Å². The lowest BCUT2D eigenvalue weighted by Gasteiger charge is -2.32. The highest BCUT2D eigenvalue weighted by molar-refractivity contribution is 4.85. The Morgan fingerprint density at radius 1 is 1.32 bits per heavy atom. The average Bonchev–Trinajstić information content (AvgIpc) is 2.48. The largest absolute Gasteiger partial charge is 0.394 e. The van der Waals surface area contributed by atoms with Crippen LogP contribution in [0.3, 0.4) is 0 Å². The van der Waals surface area contributed by atoms with Crippen LogP contribution < -0.4 is 5.32 Å². The molecule has 4 heteroatoms. The van der Waals surface area contributed by atoms with Crippen molar-refractivity contribution in [2.24, 2.45) is 0 Å². The fourth-order valence-corrected chi connectivity index (χ4v) is 2.53. The molecule has 1 rings (SSSR count). The van der Waals surface area contributed by atoms with Gasteiger partial charge in [-0.2, -0.15) is 0 Å². The molecule has 1 unspecified atom stereocenters. The number of hydrogen-bond acceptors (Lipinski definition) is 4. The Hall–Kier alpha value is -0.160. The third-order valence-electron chi connectivity index (χ3n) is 4.05. The van der Waals surface area contributed by atoms with Crippen LogP contribution in [-0.4, -0.2) is 49.7 Å². The van der Waals surface area contributed by atoms with Crippen molar-refractivity contribution >= 4 is 0 Å². The van der Waals surface area contributed by atoms with Crippen LogP contribution in [0.15, 0.2) is 0 Å². The summed E-state index contributed by atoms with van der Waals surface area (Å²) in [4.78, 5) is 0. The molecule has 1 fully saturated rings. The zero-order valence-electron chi connectivity index (χ0n) is 12.6. The predicted octanol–water partition coefficient (Wildman–Crippen LogP) is 2.10. The predicted molar refractivity (Wildman–Crippen MR) is 77.4 cm³/mol. The van der Waals surface area contributed by atoms with Gasteiger partial charge in [0.25, 0.3) is 0 Å². The average molecular weight is 273 g/mol. The van der Waals surface area contributed by atoms with Crippen molar-refractivity contribution in [2.75, 3.05) is 33.0 Å². The molecule has 1 atom stereocenters. The van der Waals surface area contributed by atoms with Crippen LogP contribution in [-0.2, 0) is 9.47 Å². The minimum Gasteiger partial charge on any atom is -0.394 e. The zero-order valence-corrected chi connectivity index (χ0v) is 12.6. The van der Waals surface area contributed by atoms with E-state index < -0.39 is 0 Å². The second kappa shape index (κ2) is 9.70. The van der Waals surface area contributed by atoms with E-state index >= 15 is 0 Å². The maximum Gasteiger partial charge on any atom is 0.0619 e. The zero-order chi connectivity index (χ0) is 14.0. The van der Waals surface area contributed by atoms with E-state index in [-0.39, 0.29) is 12.1 Å². The van der Waals surface area contributed by atoms with Gasteiger partial charge in [-0.25, -0.2) is 0 Å². The molecule has 1 saturated heterocycles. The lowest BCUT2D eigenvalue weighted by atomic mass is 9.91. The molecule has 4 nitrogen and oxygen atoms in total. The van der Waals surface area contributed by atoms with E-state index in [4.69, 9.17) is 9.47 Å². The quantitative estimate of drug-likeness (QED) is 0.599. The molecule has 0 aromatic heterocycles. The van der Waals surface area contributed by atoms with Crippen molar-refractivity contribution in [2.45, 2.75) is 64.0 Å². The second-order valence-electron chi connectivity index (χ2n) is 5.50. The molecule has 1 heterocycles. The molecule has 0 aromatic rings. The van der Waals surface area contributed by atoms with E-state index in [9.17, 15) is 5.11 Å². The van der Waals surface area contributed by atoms with Crippen molar-refractivity contribution in [3.63, 3.8) is 0 Å². The number of aliphatic hydroxyl groups is 1. The summed E-state index contributed by atoms with van der Waals surface area (Å²) in [6.07, 6.45) is 6.45. The van der Waals surface area contributed by atoms with Crippen LogP contribution >= 0.6 is 0 Å². The summed E-state index contributed by atoms with van der Waals surface area (Å²) < 4.78 is 11.2. The van der Waals surface area contributed by atoms with Gasteiger partial charge in [-0.1, -0.05) is 13.8 Å². The SMILES string of the molecule is CCCNC(CC)(CO)CCCOC1CCOCC1. The van der Waals surface area contributed by atoms with Gasteiger partial charge < -0.3 is 19.9 Å². The molecule has 0 radical (unpaired) electrons.